The topological polar surface area (TPSA) is 99.2 Å². The van der Waals surface area contributed by atoms with Gasteiger partial charge in [0.2, 0.25) is 5.76 Å². The quantitative estimate of drug-likeness (QED) is 0.707. The van der Waals surface area contributed by atoms with Gasteiger partial charge in [-0.1, -0.05) is 5.16 Å². The van der Waals surface area contributed by atoms with Gasteiger partial charge in [0.05, 0.1) is 29.9 Å². The van der Waals surface area contributed by atoms with E-state index in [2.05, 4.69) is 15.6 Å². The first-order chi connectivity index (χ1) is 12.5. The maximum atomic E-state index is 12.1. The standard InChI is InChI=1S/C18H18N4O4/c1-4-25-18(24)15-10-19-22(12(15)3)14-7-5-13(6-8-14)20-17(23)16-9-11(2)21-26-16/h5-10H,4H2,1-3H3,(H,20,23). The van der Waals surface area contributed by atoms with Crippen molar-refractivity contribution in [3.05, 3.63) is 59.2 Å². The number of aromatic nitrogens is 3. The molecule has 0 aliphatic heterocycles. The predicted molar refractivity (Wildman–Crippen MR) is 93.5 cm³/mol. The number of benzene rings is 1. The Morgan fingerprint density at radius 2 is 1.96 bits per heavy atom. The van der Waals surface area contributed by atoms with Crippen molar-refractivity contribution < 1.29 is 18.8 Å². The molecule has 1 N–H and O–H groups in total. The average molecular weight is 354 g/mol. The summed E-state index contributed by atoms with van der Waals surface area (Å²) in [7, 11) is 0. The second kappa shape index (κ2) is 7.22. The molecule has 0 aliphatic rings. The van der Waals surface area contributed by atoms with Gasteiger partial charge in [-0.3, -0.25) is 4.79 Å². The van der Waals surface area contributed by atoms with Crippen molar-refractivity contribution >= 4 is 17.6 Å². The van der Waals surface area contributed by atoms with Crippen LogP contribution in [-0.4, -0.2) is 33.4 Å². The van der Waals surface area contributed by atoms with Crippen molar-refractivity contribution in [3.8, 4) is 5.69 Å². The Morgan fingerprint density at radius 1 is 1.23 bits per heavy atom. The van der Waals surface area contributed by atoms with Gasteiger partial charge >= 0.3 is 5.97 Å². The number of nitrogens with one attached hydrogen (secondary N) is 1. The summed E-state index contributed by atoms with van der Waals surface area (Å²) in [5.74, 6) is -0.630. The lowest BCUT2D eigenvalue weighted by Gasteiger charge is -2.07. The summed E-state index contributed by atoms with van der Waals surface area (Å²) in [6.07, 6.45) is 1.48. The normalized spacial score (nSPS) is 10.6. The van der Waals surface area contributed by atoms with E-state index in [1.165, 1.54) is 6.20 Å². The molecule has 0 unspecified atom stereocenters. The van der Waals surface area contributed by atoms with Crippen LogP contribution in [0.1, 0.15) is 39.2 Å². The van der Waals surface area contributed by atoms with Crippen molar-refractivity contribution in [2.75, 3.05) is 11.9 Å². The number of rotatable bonds is 5. The fourth-order valence-corrected chi connectivity index (χ4v) is 2.43. The number of hydrogen-bond donors (Lipinski definition) is 1. The highest BCUT2D eigenvalue weighted by Gasteiger charge is 2.16. The Kier molecular flexibility index (Phi) is 4.83. The van der Waals surface area contributed by atoms with Crippen LogP contribution in [0, 0.1) is 13.8 Å². The maximum Gasteiger partial charge on any atom is 0.341 e. The van der Waals surface area contributed by atoms with Gasteiger partial charge in [-0.05, 0) is 45.0 Å². The molecule has 26 heavy (non-hydrogen) atoms. The molecular weight excluding hydrogens is 336 g/mol. The first-order valence-corrected chi connectivity index (χ1v) is 8.06. The van der Waals surface area contributed by atoms with Gasteiger partial charge in [-0.15, -0.1) is 0 Å². The van der Waals surface area contributed by atoms with Crippen molar-refractivity contribution in [1.82, 2.24) is 14.9 Å². The largest absolute Gasteiger partial charge is 0.462 e. The third kappa shape index (κ3) is 3.49. The summed E-state index contributed by atoms with van der Waals surface area (Å²) in [6.45, 7) is 5.60. The van der Waals surface area contributed by atoms with Crippen LogP contribution < -0.4 is 5.32 Å². The molecule has 2 aromatic heterocycles. The molecule has 134 valence electrons. The van der Waals surface area contributed by atoms with Gasteiger partial charge in [-0.2, -0.15) is 5.10 Å². The number of amides is 1. The zero-order valence-electron chi connectivity index (χ0n) is 14.6. The second-order valence-corrected chi connectivity index (χ2v) is 5.61. The molecule has 0 fully saturated rings. The molecule has 0 spiro atoms. The number of anilines is 1. The molecular formula is C18H18N4O4. The number of carbonyl (C=O) groups is 2. The van der Waals surface area contributed by atoms with Crippen molar-refractivity contribution in [2.24, 2.45) is 0 Å². The molecule has 0 aliphatic carbocycles. The Hall–Kier alpha value is -3.42. The van der Waals surface area contributed by atoms with Crippen LogP contribution in [0.3, 0.4) is 0 Å². The monoisotopic (exact) mass is 354 g/mol. The highest BCUT2D eigenvalue weighted by Crippen LogP contribution is 2.18. The minimum absolute atomic E-state index is 0.147. The van der Waals surface area contributed by atoms with Gasteiger partial charge in [0.1, 0.15) is 5.56 Å². The SMILES string of the molecule is CCOC(=O)c1cnn(-c2ccc(NC(=O)c3cc(C)no3)cc2)c1C. The van der Waals surface area contributed by atoms with E-state index in [1.807, 2.05) is 0 Å². The van der Waals surface area contributed by atoms with Gasteiger partial charge < -0.3 is 14.6 Å². The minimum atomic E-state index is -0.400. The van der Waals surface area contributed by atoms with E-state index in [9.17, 15) is 9.59 Å². The zero-order valence-corrected chi connectivity index (χ0v) is 14.6. The Bertz CT molecular complexity index is 941. The maximum absolute atomic E-state index is 12.1. The molecule has 1 amide bonds. The van der Waals surface area contributed by atoms with E-state index in [0.29, 0.717) is 29.2 Å². The number of esters is 1. The molecule has 2 heterocycles. The lowest BCUT2D eigenvalue weighted by molar-refractivity contribution is 0.0525. The third-order valence-corrected chi connectivity index (χ3v) is 3.73. The summed E-state index contributed by atoms with van der Waals surface area (Å²) >= 11 is 0. The number of aryl methyl sites for hydroxylation is 1. The summed E-state index contributed by atoms with van der Waals surface area (Å²) < 4.78 is 11.6. The minimum Gasteiger partial charge on any atom is -0.462 e. The van der Waals surface area contributed by atoms with E-state index >= 15 is 0 Å². The molecule has 0 radical (unpaired) electrons. The molecule has 3 aromatic rings. The van der Waals surface area contributed by atoms with Crippen LogP contribution in [0.25, 0.3) is 5.69 Å². The zero-order chi connectivity index (χ0) is 18.7. The van der Waals surface area contributed by atoms with E-state index in [-0.39, 0.29) is 11.7 Å². The van der Waals surface area contributed by atoms with Gasteiger partial charge in [0, 0.05) is 11.8 Å². The van der Waals surface area contributed by atoms with Crippen LogP contribution >= 0.6 is 0 Å². The van der Waals surface area contributed by atoms with E-state index in [4.69, 9.17) is 9.26 Å². The van der Waals surface area contributed by atoms with E-state index in [0.717, 1.165) is 5.69 Å². The van der Waals surface area contributed by atoms with Crippen LogP contribution in [0.2, 0.25) is 0 Å². The first-order valence-electron chi connectivity index (χ1n) is 8.06. The fourth-order valence-electron chi connectivity index (χ4n) is 2.43. The second-order valence-electron chi connectivity index (χ2n) is 5.61. The number of carbonyl (C=O) groups excluding carboxylic acids is 2. The highest BCUT2D eigenvalue weighted by atomic mass is 16.5. The van der Waals surface area contributed by atoms with Gasteiger partial charge in [-0.25, -0.2) is 9.48 Å². The van der Waals surface area contributed by atoms with Gasteiger partial charge in [0.25, 0.3) is 5.91 Å². The molecule has 3 rings (SSSR count). The molecule has 0 saturated heterocycles. The van der Waals surface area contributed by atoms with Crippen LogP contribution in [0.5, 0.6) is 0 Å². The van der Waals surface area contributed by atoms with Crippen molar-refractivity contribution in [2.45, 2.75) is 20.8 Å². The smallest absolute Gasteiger partial charge is 0.341 e. The number of ether oxygens (including phenoxy) is 1. The number of nitrogens with zero attached hydrogens (tertiary/aromatic N) is 3. The molecule has 0 bridgehead atoms. The predicted octanol–water partition coefficient (Wildman–Crippen LogP) is 2.91. The lowest BCUT2D eigenvalue weighted by atomic mass is 10.2. The summed E-state index contributed by atoms with van der Waals surface area (Å²) in [4.78, 5) is 23.9. The van der Waals surface area contributed by atoms with E-state index < -0.39 is 5.97 Å². The Morgan fingerprint density at radius 3 is 2.58 bits per heavy atom. The van der Waals surface area contributed by atoms with Gasteiger partial charge in [0.15, 0.2) is 0 Å². The average Bonchev–Trinajstić information content (AvgIpc) is 3.22. The number of hydrogen-bond acceptors (Lipinski definition) is 6. The van der Waals surface area contributed by atoms with Crippen LogP contribution in [0.4, 0.5) is 5.69 Å². The Balaban J connectivity index is 1.76. The van der Waals surface area contributed by atoms with Crippen LogP contribution in [-0.2, 0) is 4.74 Å². The molecule has 8 nitrogen and oxygen atoms in total. The molecule has 0 saturated carbocycles. The third-order valence-electron chi connectivity index (χ3n) is 3.73. The van der Waals surface area contributed by atoms with E-state index in [1.54, 1.807) is 55.8 Å². The van der Waals surface area contributed by atoms with Crippen LogP contribution in [0.15, 0.2) is 41.1 Å². The highest BCUT2D eigenvalue weighted by molar-refractivity contribution is 6.02. The molecule has 0 atom stereocenters. The summed E-state index contributed by atoms with van der Waals surface area (Å²) in [6, 6.07) is 8.61. The fraction of sp³-hybridized carbons (Fsp3) is 0.222. The van der Waals surface area contributed by atoms with Crippen molar-refractivity contribution in [3.63, 3.8) is 0 Å². The Labute approximate surface area is 149 Å². The summed E-state index contributed by atoms with van der Waals surface area (Å²) in [5, 5.41) is 10.7. The molecule has 8 heteroatoms. The molecule has 1 aromatic carbocycles. The first kappa shape index (κ1) is 17.4. The van der Waals surface area contributed by atoms with Crippen molar-refractivity contribution in [1.29, 1.82) is 0 Å². The summed E-state index contributed by atoms with van der Waals surface area (Å²) in [5.41, 5.74) is 3.09. The lowest BCUT2D eigenvalue weighted by Crippen LogP contribution is -2.11.